The van der Waals surface area contributed by atoms with Crippen LogP contribution < -0.4 is 16.2 Å². The summed E-state index contributed by atoms with van der Waals surface area (Å²) < 4.78 is 0.975. The predicted molar refractivity (Wildman–Crippen MR) is 112 cm³/mol. The van der Waals surface area contributed by atoms with Crippen LogP contribution in [0.2, 0.25) is 0 Å². The van der Waals surface area contributed by atoms with E-state index in [9.17, 15) is 14.4 Å². The minimum atomic E-state index is -0.465. The van der Waals surface area contributed by atoms with Gasteiger partial charge in [0.1, 0.15) is 12.2 Å². The number of carbonyl (C=O) groups excluding carboxylic acids is 2. The Morgan fingerprint density at radius 2 is 1.59 bits per heavy atom. The average Bonchev–Trinajstić information content (AvgIpc) is 2.67. The number of amides is 2. The van der Waals surface area contributed by atoms with Crippen molar-refractivity contribution in [2.45, 2.75) is 27.3 Å². The first-order chi connectivity index (χ1) is 13.8. The van der Waals surface area contributed by atoms with Gasteiger partial charge in [0.25, 0.3) is 11.5 Å². The highest BCUT2D eigenvalue weighted by atomic mass is 16.2. The van der Waals surface area contributed by atoms with Gasteiger partial charge in [-0.1, -0.05) is 35.4 Å². The molecule has 0 aliphatic heterocycles. The summed E-state index contributed by atoms with van der Waals surface area (Å²) in [5, 5.41) is 9.52. The Bertz CT molecular complexity index is 1120. The fraction of sp³-hybridized carbons (Fsp3) is 0.182. The van der Waals surface area contributed by atoms with E-state index in [4.69, 9.17) is 0 Å². The van der Waals surface area contributed by atoms with Crippen molar-refractivity contribution in [2.24, 2.45) is 0 Å². The third-order valence-corrected chi connectivity index (χ3v) is 4.36. The van der Waals surface area contributed by atoms with E-state index >= 15 is 0 Å². The summed E-state index contributed by atoms with van der Waals surface area (Å²) in [5.41, 5.74) is 3.95. The van der Waals surface area contributed by atoms with Gasteiger partial charge in [-0.15, -0.1) is 0 Å². The smallest absolute Gasteiger partial charge is 0.276 e. The van der Waals surface area contributed by atoms with E-state index in [-0.39, 0.29) is 12.2 Å². The molecule has 0 atom stereocenters. The normalized spacial score (nSPS) is 10.4. The number of carbonyl (C=O) groups is 2. The maximum atomic E-state index is 12.4. The van der Waals surface area contributed by atoms with Gasteiger partial charge in [0, 0.05) is 17.4 Å². The minimum Gasteiger partial charge on any atom is -0.324 e. The SMILES string of the molecule is Cc1ccc(NC(=O)c2ccc(=O)n(CC(=O)Nc3ccc(C)cc3C)n2)cc1. The molecule has 2 N–H and O–H groups in total. The molecule has 0 radical (unpaired) electrons. The Balaban J connectivity index is 1.72. The molecule has 0 aliphatic carbocycles. The third-order valence-electron chi connectivity index (χ3n) is 4.36. The fourth-order valence-electron chi connectivity index (χ4n) is 2.79. The second kappa shape index (κ2) is 8.52. The predicted octanol–water partition coefficient (Wildman–Crippen LogP) is 3.06. The molecule has 7 nitrogen and oxygen atoms in total. The number of aryl methyl sites for hydroxylation is 3. The number of hydrogen-bond donors (Lipinski definition) is 2. The fourth-order valence-corrected chi connectivity index (χ4v) is 2.79. The highest BCUT2D eigenvalue weighted by molar-refractivity contribution is 6.02. The Kier molecular flexibility index (Phi) is 5.87. The molecule has 148 valence electrons. The van der Waals surface area contributed by atoms with Gasteiger partial charge in [0.05, 0.1) is 0 Å². The van der Waals surface area contributed by atoms with Crippen LogP contribution in [0.5, 0.6) is 0 Å². The summed E-state index contributed by atoms with van der Waals surface area (Å²) >= 11 is 0. The number of nitrogens with one attached hydrogen (secondary N) is 2. The van der Waals surface area contributed by atoms with Crippen molar-refractivity contribution < 1.29 is 9.59 Å². The molecule has 0 saturated heterocycles. The van der Waals surface area contributed by atoms with Crippen molar-refractivity contribution in [3.8, 4) is 0 Å². The van der Waals surface area contributed by atoms with E-state index in [1.807, 2.05) is 51.1 Å². The highest BCUT2D eigenvalue weighted by Gasteiger charge is 2.13. The number of nitrogens with zero attached hydrogens (tertiary/aromatic N) is 2. The van der Waals surface area contributed by atoms with Crippen LogP contribution in [0.4, 0.5) is 11.4 Å². The monoisotopic (exact) mass is 390 g/mol. The van der Waals surface area contributed by atoms with Crippen LogP contribution >= 0.6 is 0 Å². The molecular weight excluding hydrogens is 368 g/mol. The number of hydrogen-bond acceptors (Lipinski definition) is 4. The maximum Gasteiger partial charge on any atom is 0.276 e. The lowest BCUT2D eigenvalue weighted by molar-refractivity contribution is -0.117. The summed E-state index contributed by atoms with van der Waals surface area (Å²) in [6.45, 7) is 5.52. The van der Waals surface area contributed by atoms with Gasteiger partial charge < -0.3 is 10.6 Å². The molecule has 1 aromatic heterocycles. The molecule has 0 unspecified atom stereocenters. The zero-order chi connectivity index (χ0) is 21.0. The average molecular weight is 390 g/mol. The van der Waals surface area contributed by atoms with Crippen molar-refractivity contribution in [3.05, 3.63) is 87.3 Å². The molecule has 2 amide bonds. The van der Waals surface area contributed by atoms with E-state index in [1.54, 1.807) is 12.1 Å². The third kappa shape index (κ3) is 5.16. The molecular formula is C22H22N4O3. The largest absolute Gasteiger partial charge is 0.324 e. The molecule has 7 heteroatoms. The van der Waals surface area contributed by atoms with Crippen LogP contribution in [0.1, 0.15) is 27.2 Å². The van der Waals surface area contributed by atoms with Crippen molar-refractivity contribution in [1.82, 2.24) is 9.78 Å². The van der Waals surface area contributed by atoms with E-state index in [2.05, 4.69) is 15.7 Å². The number of anilines is 2. The summed E-state index contributed by atoms with van der Waals surface area (Å²) in [7, 11) is 0. The van der Waals surface area contributed by atoms with Gasteiger partial charge in [-0.25, -0.2) is 4.68 Å². The summed E-state index contributed by atoms with van der Waals surface area (Å²) in [6, 6.07) is 15.5. The van der Waals surface area contributed by atoms with Gasteiger partial charge in [0.2, 0.25) is 5.91 Å². The van der Waals surface area contributed by atoms with Crippen LogP contribution in [0, 0.1) is 20.8 Å². The van der Waals surface area contributed by atoms with Crippen LogP contribution in [0.15, 0.2) is 59.4 Å². The Hall–Kier alpha value is -3.74. The molecule has 3 aromatic rings. The lowest BCUT2D eigenvalue weighted by atomic mass is 10.1. The minimum absolute atomic E-state index is 0.0458. The first kappa shape index (κ1) is 20.0. The zero-order valence-electron chi connectivity index (χ0n) is 16.5. The summed E-state index contributed by atoms with van der Waals surface area (Å²) in [5.74, 6) is -0.861. The van der Waals surface area contributed by atoms with Gasteiger partial charge in [0.15, 0.2) is 0 Å². The standard InChI is InChI=1S/C22H22N4O3/c1-14-4-7-17(8-5-14)23-22(29)19-10-11-21(28)26(25-19)13-20(27)24-18-9-6-15(2)12-16(18)3/h4-12H,13H2,1-3H3,(H,23,29)(H,24,27). The maximum absolute atomic E-state index is 12.4. The number of benzene rings is 2. The van der Waals surface area contributed by atoms with E-state index in [0.717, 1.165) is 21.4 Å². The first-order valence-electron chi connectivity index (χ1n) is 9.15. The van der Waals surface area contributed by atoms with Crippen molar-refractivity contribution >= 4 is 23.2 Å². The highest BCUT2D eigenvalue weighted by Crippen LogP contribution is 2.16. The van der Waals surface area contributed by atoms with Crippen molar-refractivity contribution in [2.75, 3.05) is 10.6 Å². The topological polar surface area (TPSA) is 93.1 Å². The Labute approximate surface area is 168 Å². The van der Waals surface area contributed by atoms with Crippen LogP contribution in [-0.2, 0) is 11.3 Å². The molecule has 0 spiro atoms. The van der Waals surface area contributed by atoms with Gasteiger partial charge >= 0.3 is 0 Å². The number of aromatic nitrogens is 2. The van der Waals surface area contributed by atoms with Crippen molar-refractivity contribution in [1.29, 1.82) is 0 Å². The Morgan fingerprint density at radius 3 is 2.28 bits per heavy atom. The van der Waals surface area contributed by atoms with Gasteiger partial charge in [-0.05, 0) is 50.6 Å². The van der Waals surface area contributed by atoms with Gasteiger partial charge in [-0.3, -0.25) is 14.4 Å². The second-order valence-electron chi connectivity index (χ2n) is 6.90. The van der Waals surface area contributed by atoms with Gasteiger partial charge in [-0.2, -0.15) is 5.10 Å². The second-order valence-corrected chi connectivity index (χ2v) is 6.90. The molecule has 0 bridgehead atoms. The molecule has 1 heterocycles. The van der Waals surface area contributed by atoms with E-state index in [1.165, 1.54) is 12.1 Å². The van der Waals surface area contributed by atoms with Crippen LogP contribution in [0.3, 0.4) is 0 Å². The molecule has 0 fully saturated rings. The summed E-state index contributed by atoms with van der Waals surface area (Å²) in [6.07, 6.45) is 0. The molecule has 3 rings (SSSR count). The van der Waals surface area contributed by atoms with Crippen LogP contribution in [0.25, 0.3) is 0 Å². The Morgan fingerprint density at radius 1 is 0.897 bits per heavy atom. The zero-order valence-corrected chi connectivity index (χ0v) is 16.5. The van der Waals surface area contributed by atoms with Crippen molar-refractivity contribution in [3.63, 3.8) is 0 Å². The lowest BCUT2D eigenvalue weighted by Crippen LogP contribution is -2.31. The summed E-state index contributed by atoms with van der Waals surface area (Å²) in [4.78, 5) is 36.9. The first-order valence-corrected chi connectivity index (χ1v) is 9.15. The lowest BCUT2D eigenvalue weighted by Gasteiger charge is -2.11. The van der Waals surface area contributed by atoms with E-state index in [0.29, 0.717) is 11.4 Å². The molecule has 29 heavy (non-hydrogen) atoms. The van der Waals surface area contributed by atoms with E-state index < -0.39 is 17.4 Å². The molecule has 0 aliphatic rings. The van der Waals surface area contributed by atoms with Crippen LogP contribution in [-0.4, -0.2) is 21.6 Å². The number of rotatable bonds is 5. The quantitative estimate of drug-likeness (QED) is 0.700. The molecule has 0 saturated carbocycles. The molecule has 2 aromatic carbocycles.